The molecule has 4 heteroatoms. The van der Waals surface area contributed by atoms with Gasteiger partial charge in [0.1, 0.15) is 0 Å². The van der Waals surface area contributed by atoms with Crippen LogP contribution in [0.3, 0.4) is 0 Å². The summed E-state index contributed by atoms with van der Waals surface area (Å²) in [6, 6.07) is 0. The first-order valence-electron chi connectivity index (χ1n) is 4.04. The number of esters is 1. The highest BCUT2D eigenvalue weighted by Gasteiger charge is 2.03. The van der Waals surface area contributed by atoms with E-state index in [0.717, 1.165) is 6.42 Å². The number of ether oxygens (including phenoxy) is 1. The molecule has 4 nitrogen and oxygen atoms in total. The Hall–Kier alpha value is -1.06. The minimum Gasteiger partial charge on any atom is -0.481 e. The summed E-state index contributed by atoms with van der Waals surface area (Å²) in [7, 11) is 0. The monoisotopic (exact) mass is 174 g/mol. The molecule has 0 aromatic carbocycles. The number of carboxylic acids is 1. The van der Waals surface area contributed by atoms with Crippen molar-refractivity contribution in [2.24, 2.45) is 0 Å². The molecule has 0 heterocycles. The van der Waals surface area contributed by atoms with Crippen LogP contribution in [0.25, 0.3) is 0 Å². The maximum absolute atomic E-state index is 10.8. The van der Waals surface area contributed by atoms with Crippen molar-refractivity contribution >= 4 is 11.9 Å². The Labute approximate surface area is 71.5 Å². The molecule has 0 bridgehead atoms. The Morgan fingerprint density at radius 1 is 1.33 bits per heavy atom. The fourth-order valence-corrected chi connectivity index (χ4v) is 0.672. The highest BCUT2D eigenvalue weighted by molar-refractivity contribution is 5.71. The summed E-state index contributed by atoms with van der Waals surface area (Å²) in [5, 5.41) is 8.25. The van der Waals surface area contributed by atoms with E-state index >= 15 is 0 Å². The van der Waals surface area contributed by atoms with Crippen LogP contribution in [0.15, 0.2) is 0 Å². The second kappa shape index (κ2) is 6.64. The van der Waals surface area contributed by atoms with Gasteiger partial charge >= 0.3 is 11.9 Å². The maximum atomic E-state index is 10.8. The molecule has 12 heavy (non-hydrogen) atoms. The smallest absolute Gasteiger partial charge is 0.305 e. The van der Waals surface area contributed by atoms with Crippen LogP contribution < -0.4 is 0 Å². The normalized spacial score (nSPS) is 9.42. The summed E-state index contributed by atoms with van der Waals surface area (Å²) in [4.78, 5) is 20.8. The Kier molecular flexibility index (Phi) is 6.05. The third-order valence-electron chi connectivity index (χ3n) is 1.24. The quantitative estimate of drug-likeness (QED) is 0.614. The zero-order valence-electron chi connectivity index (χ0n) is 7.21. The summed E-state index contributed by atoms with van der Waals surface area (Å²) in [5.41, 5.74) is 0. The third kappa shape index (κ3) is 7.05. The van der Waals surface area contributed by atoms with Crippen molar-refractivity contribution < 1.29 is 19.4 Å². The second-order valence-corrected chi connectivity index (χ2v) is 2.47. The van der Waals surface area contributed by atoms with Gasteiger partial charge in [-0.3, -0.25) is 9.59 Å². The van der Waals surface area contributed by atoms with Gasteiger partial charge in [0.15, 0.2) is 0 Å². The number of hydrogen-bond acceptors (Lipinski definition) is 3. The summed E-state index contributed by atoms with van der Waals surface area (Å²) < 4.78 is 4.74. The first-order valence-corrected chi connectivity index (χ1v) is 4.04. The van der Waals surface area contributed by atoms with E-state index in [1.54, 1.807) is 0 Å². The van der Waals surface area contributed by atoms with Crippen LogP contribution >= 0.6 is 0 Å². The Balaban J connectivity index is 3.25. The predicted molar refractivity (Wildman–Crippen MR) is 42.7 cm³/mol. The van der Waals surface area contributed by atoms with E-state index in [-0.39, 0.29) is 18.8 Å². The van der Waals surface area contributed by atoms with E-state index in [1.165, 1.54) is 0 Å². The molecular formula is C8H14O4. The van der Waals surface area contributed by atoms with E-state index in [4.69, 9.17) is 9.84 Å². The van der Waals surface area contributed by atoms with Crippen molar-refractivity contribution in [2.45, 2.75) is 32.6 Å². The minimum atomic E-state index is -0.877. The summed E-state index contributed by atoms with van der Waals surface area (Å²) >= 11 is 0. The Morgan fingerprint density at radius 2 is 2.00 bits per heavy atom. The number of carbonyl (C=O) groups is 2. The van der Waals surface area contributed by atoms with Crippen molar-refractivity contribution in [3.63, 3.8) is 0 Å². The molecule has 0 aromatic heterocycles. The van der Waals surface area contributed by atoms with Crippen LogP contribution in [0.4, 0.5) is 0 Å². The summed E-state index contributed by atoms with van der Waals surface area (Å²) in [6.07, 6.45) is 1.38. The predicted octanol–water partition coefficient (Wildman–Crippen LogP) is 1.19. The molecule has 1 N–H and O–H groups in total. The molecule has 0 spiro atoms. The van der Waals surface area contributed by atoms with E-state index in [1.807, 2.05) is 6.92 Å². The highest BCUT2D eigenvalue weighted by Crippen LogP contribution is 1.97. The summed E-state index contributed by atoms with van der Waals surface area (Å²) in [6.45, 7) is 2.33. The highest BCUT2D eigenvalue weighted by atomic mass is 16.5. The van der Waals surface area contributed by atoms with Gasteiger partial charge in [-0.2, -0.15) is 0 Å². The first kappa shape index (κ1) is 10.9. The van der Waals surface area contributed by atoms with E-state index in [9.17, 15) is 9.59 Å². The molecule has 0 atom stereocenters. The van der Waals surface area contributed by atoms with Crippen molar-refractivity contribution in [1.29, 1.82) is 0 Å². The van der Waals surface area contributed by atoms with Gasteiger partial charge in [0.05, 0.1) is 6.61 Å². The van der Waals surface area contributed by atoms with Crippen LogP contribution in [-0.4, -0.2) is 23.7 Å². The Morgan fingerprint density at radius 3 is 2.50 bits per heavy atom. The van der Waals surface area contributed by atoms with Gasteiger partial charge in [0, 0.05) is 12.8 Å². The van der Waals surface area contributed by atoms with Crippen molar-refractivity contribution in [2.75, 3.05) is 6.61 Å². The molecular weight excluding hydrogens is 160 g/mol. The molecule has 0 amide bonds. The molecule has 70 valence electrons. The van der Waals surface area contributed by atoms with Crippen LogP contribution in [0, 0.1) is 0 Å². The summed E-state index contributed by atoms with van der Waals surface area (Å²) in [5.74, 6) is -1.18. The fourth-order valence-electron chi connectivity index (χ4n) is 0.672. The Bertz CT molecular complexity index is 153. The molecule has 0 fully saturated rings. The van der Waals surface area contributed by atoms with Gasteiger partial charge in [-0.05, 0) is 12.8 Å². The molecule has 0 rings (SSSR count). The minimum absolute atomic E-state index is 0.0290. The number of aliphatic carboxylic acids is 1. The van der Waals surface area contributed by atoms with E-state index in [2.05, 4.69) is 0 Å². The number of carboxylic acid groups (broad SMARTS) is 1. The van der Waals surface area contributed by atoms with Crippen LogP contribution in [0.5, 0.6) is 0 Å². The number of carbonyl (C=O) groups excluding carboxylic acids is 1. The largest absolute Gasteiger partial charge is 0.481 e. The van der Waals surface area contributed by atoms with Gasteiger partial charge in [0.2, 0.25) is 0 Å². The van der Waals surface area contributed by atoms with Gasteiger partial charge in [-0.15, -0.1) is 0 Å². The molecule has 0 unspecified atom stereocenters. The number of rotatable bonds is 6. The number of hydrogen-bond donors (Lipinski definition) is 1. The van der Waals surface area contributed by atoms with E-state index < -0.39 is 5.97 Å². The lowest BCUT2D eigenvalue weighted by Gasteiger charge is -2.00. The van der Waals surface area contributed by atoms with Crippen molar-refractivity contribution in [3.05, 3.63) is 0 Å². The second-order valence-electron chi connectivity index (χ2n) is 2.47. The van der Waals surface area contributed by atoms with E-state index in [0.29, 0.717) is 13.0 Å². The average molecular weight is 174 g/mol. The van der Waals surface area contributed by atoms with Gasteiger partial charge in [-0.25, -0.2) is 0 Å². The van der Waals surface area contributed by atoms with Crippen LogP contribution in [0.2, 0.25) is 0 Å². The molecule has 0 saturated heterocycles. The van der Waals surface area contributed by atoms with Crippen LogP contribution in [0.1, 0.15) is 32.6 Å². The zero-order valence-corrected chi connectivity index (χ0v) is 7.21. The van der Waals surface area contributed by atoms with Gasteiger partial charge in [0.25, 0.3) is 0 Å². The lowest BCUT2D eigenvalue weighted by atomic mass is 10.2. The lowest BCUT2D eigenvalue weighted by molar-refractivity contribution is -0.144. The molecule has 0 radical (unpaired) electrons. The zero-order chi connectivity index (χ0) is 9.40. The van der Waals surface area contributed by atoms with Crippen LogP contribution in [-0.2, 0) is 14.3 Å². The topological polar surface area (TPSA) is 63.6 Å². The standard InChI is InChI=1S/C8H14O4/c1-2-6-12-8(11)5-3-4-7(9)10/h2-6H2,1H3,(H,9,10). The molecule has 0 saturated carbocycles. The van der Waals surface area contributed by atoms with Crippen molar-refractivity contribution in [3.8, 4) is 0 Å². The molecule has 0 aromatic rings. The molecule has 0 aliphatic heterocycles. The lowest BCUT2D eigenvalue weighted by Crippen LogP contribution is -2.06. The maximum Gasteiger partial charge on any atom is 0.305 e. The third-order valence-corrected chi connectivity index (χ3v) is 1.24. The average Bonchev–Trinajstić information content (AvgIpc) is 2.00. The van der Waals surface area contributed by atoms with Gasteiger partial charge in [-0.1, -0.05) is 6.92 Å². The molecule has 0 aliphatic rings. The van der Waals surface area contributed by atoms with Crippen molar-refractivity contribution in [1.82, 2.24) is 0 Å². The van der Waals surface area contributed by atoms with Gasteiger partial charge < -0.3 is 9.84 Å². The molecule has 0 aliphatic carbocycles. The first-order chi connectivity index (χ1) is 5.66. The SMILES string of the molecule is CCCOC(=O)CCCC(=O)O. The fraction of sp³-hybridized carbons (Fsp3) is 0.750.